The van der Waals surface area contributed by atoms with Crippen LogP contribution in [0.2, 0.25) is 0 Å². The standard InChI is InChI=1S/C26H36FN7O2/c1-35-24(36-2)17-30-25(28)29-13-16-33-14-11-21(12-15-33)31-26-32-22-5-3-4-6-23(22)34(26)18-19-7-9-20(27)10-8-19/h3-10,21,24H,11-18H2,1-2H3,(H,31,32)(H3,28,29,30). The molecule has 2 aromatic carbocycles. The van der Waals surface area contributed by atoms with E-state index in [-0.39, 0.29) is 12.1 Å². The summed E-state index contributed by atoms with van der Waals surface area (Å²) < 4.78 is 25.8. The van der Waals surface area contributed by atoms with Gasteiger partial charge in [0.2, 0.25) is 5.95 Å². The minimum absolute atomic E-state index is 0.227. The number of aromatic nitrogens is 2. The van der Waals surface area contributed by atoms with E-state index in [1.165, 1.54) is 12.1 Å². The second-order valence-corrected chi connectivity index (χ2v) is 8.95. The van der Waals surface area contributed by atoms with Gasteiger partial charge in [0.1, 0.15) is 5.82 Å². The summed E-state index contributed by atoms with van der Waals surface area (Å²) in [5.41, 5.74) is 8.99. The molecule has 0 unspecified atom stereocenters. The summed E-state index contributed by atoms with van der Waals surface area (Å²) in [5, 5.41) is 6.83. The lowest BCUT2D eigenvalue weighted by Gasteiger charge is -2.32. The number of imidazole rings is 1. The molecule has 9 nitrogen and oxygen atoms in total. The number of nitrogens with one attached hydrogen (secondary N) is 2. The van der Waals surface area contributed by atoms with Gasteiger partial charge in [0.25, 0.3) is 0 Å². The number of para-hydroxylation sites is 2. The predicted octanol–water partition coefficient (Wildman–Crippen LogP) is 2.62. The van der Waals surface area contributed by atoms with E-state index in [0.29, 0.717) is 25.1 Å². The summed E-state index contributed by atoms with van der Waals surface area (Å²) in [6.07, 6.45) is 1.65. The van der Waals surface area contributed by atoms with Crippen molar-refractivity contribution in [2.75, 3.05) is 52.3 Å². The number of ether oxygens (including phenoxy) is 2. The Morgan fingerprint density at radius 3 is 2.58 bits per heavy atom. The molecular formula is C26H36FN7O2. The van der Waals surface area contributed by atoms with Gasteiger partial charge in [-0.2, -0.15) is 0 Å². The molecule has 10 heteroatoms. The number of anilines is 1. The third-order valence-corrected chi connectivity index (χ3v) is 6.50. The smallest absolute Gasteiger partial charge is 0.204 e. The van der Waals surface area contributed by atoms with Crippen LogP contribution in [-0.4, -0.2) is 79.7 Å². The molecule has 4 rings (SSSR count). The van der Waals surface area contributed by atoms with Crippen molar-refractivity contribution in [2.45, 2.75) is 31.7 Å². The van der Waals surface area contributed by atoms with Crippen LogP contribution < -0.4 is 16.4 Å². The van der Waals surface area contributed by atoms with Crippen LogP contribution in [0.15, 0.2) is 53.5 Å². The SMILES string of the molecule is COC(CN=C(N)NCCN1CCC(Nc2nc3ccccc3n2Cc2ccc(F)cc2)CC1)OC. The van der Waals surface area contributed by atoms with Gasteiger partial charge in [-0.1, -0.05) is 24.3 Å². The number of methoxy groups -OCH3 is 2. The minimum atomic E-state index is -0.388. The molecule has 194 valence electrons. The number of rotatable bonds is 11. The second-order valence-electron chi connectivity index (χ2n) is 8.95. The molecule has 0 radical (unpaired) electrons. The largest absolute Gasteiger partial charge is 0.370 e. The first kappa shape index (κ1) is 25.9. The quantitative estimate of drug-likeness (QED) is 0.213. The molecule has 1 aliphatic rings. The lowest BCUT2D eigenvalue weighted by molar-refractivity contribution is -0.0937. The maximum Gasteiger partial charge on any atom is 0.204 e. The molecule has 0 bridgehead atoms. The van der Waals surface area contributed by atoms with Crippen LogP contribution >= 0.6 is 0 Å². The van der Waals surface area contributed by atoms with E-state index in [1.807, 2.05) is 30.3 Å². The number of guanidine groups is 1. The van der Waals surface area contributed by atoms with Crippen molar-refractivity contribution in [3.05, 3.63) is 59.9 Å². The summed E-state index contributed by atoms with van der Waals surface area (Å²) >= 11 is 0. The van der Waals surface area contributed by atoms with Crippen LogP contribution in [-0.2, 0) is 16.0 Å². The van der Waals surface area contributed by atoms with Gasteiger partial charge >= 0.3 is 0 Å². The van der Waals surface area contributed by atoms with Crippen molar-refractivity contribution in [3.8, 4) is 0 Å². The maximum atomic E-state index is 13.4. The highest BCUT2D eigenvalue weighted by Gasteiger charge is 2.21. The number of fused-ring (bicyclic) bond motifs is 1. The van der Waals surface area contributed by atoms with Crippen molar-refractivity contribution < 1.29 is 13.9 Å². The second kappa shape index (κ2) is 12.7. The number of benzene rings is 2. The average molecular weight is 498 g/mol. The highest BCUT2D eigenvalue weighted by atomic mass is 19.1. The third-order valence-electron chi connectivity index (χ3n) is 6.50. The molecule has 3 aromatic rings. The third kappa shape index (κ3) is 6.93. The first-order chi connectivity index (χ1) is 17.6. The Balaban J connectivity index is 1.29. The normalized spacial score (nSPS) is 15.6. The number of hydrogen-bond donors (Lipinski definition) is 3. The van der Waals surface area contributed by atoms with Crippen molar-refractivity contribution in [3.63, 3.8) is 0 Å². The Kier molecular flexibility index (Phi) is 9.10. The van der Waals surface area contributed by atoms with Crippen LogP contribution in [0.25, 0.3) is 11.0 Å². The molecule has 0 saturated carbocycles. The molecule has 2 heterocycles. The van der Waals surface area contributed by atoms with E-state index < -0.39 is 0 Å². The monoisotopic (exact) mass is 497 g/mol. The first-order valence-corrected chi connectivity index (χ1v) is 12.3. The fraction of sp³-hybridized carbons (Fsp3) is 0.462. The summed E-state index contributed by atoms with van der Waals surface area (Å²) in [6, 6.07) is 15.1. The summed E-state index contributed by atoms with van der Waals surface area (Å²) in [4.78, 5) is 11.5. The van der Waals surface area contributed by atoms with Crippen molar-refractivity contribution in [1.29, 1.82) is 0 Å². The van der Waals surface area contributed by atoms with Crippen molar-refractivity contribution in [2.24, 2.45) is 10.7 Å². The lowest BCUT2D eigenvalue weighted by atomic mass is 10.1. The number of aliphatic imine (C=N–C) groups is 1. The molecule has 1 aliphatic heterocycles. The van der Waals surface area contributed by atoms with Gasteiger partial charge in [0, 0.05) is 46.4 Å². The first-order valence-electron chi connectivity index (χ1n) is 12.3. The molecule has 0 atom stereocenters. The highest BCUT2D eigenvalue weighted by Crippen LogP contribution is 2.24. The van der Waals surface area contributed by atoms with E-state index in [0.717, 1.165) is 61.6 Å². The summed E-state index contributed by atoms with van der Waals surface area (Å²) in [5.74, 6) is 1.02. The van der Waals surface area contributed by atoms with Gasteiger partial charge < -0.3 is 35.3 Å². The topological polar surface area (TPSA) is 102 Å². The van der Waals surface area contributed by atoms with E-state index in [4.69, 9.17) is 20.2 Å². The fourth-order valence-electron chi connectivity index (χ4n) is 4.42. The maximum absolute atomic E-state index is 13.4. The number of likely N-dealkylation sites (tertiary alicyclic amines) is 1. The van der Waals surface area contributed by atoms with Crippen LogP contribution in [0.4, 0.5) is 10.3 Å². The van der Waals surface area contributed by atoms with Crippen molar-refractivity contribution in [1.82, 2.24) is 19.8 Å². The molecule has 1 fully saturated rings. The number of nitrogens with zero attached hydrogens (tertiary/aromatic N) is 4. The molecule has 1 aromatic heterocycles. The molecule has 0 amide bonds. The molecule has 1 saturated heterocycles. The van der Waals surface area contributed by atoms with Gasteiger partial charge in [-0.15, -0.1) is 0 Å². The number of halogens is 1. The van der Waals surface area contributed by atoms with E-state index in [9.17, 15) is 4.39 Å². The average Bonchev–Trinajstić information content (AvgIpc) is 3.23. The van der Waals surface area contributed by atoms with Crippen LogP contribution in [0.5, 0.6) is 0 Å². The number of piperidine rings is 1. The van der Waals surface area contributed by atoms with Gasteiger partial charge in [-0.05, 0) is 42.7 Å². The molecule has 0 aliphatic carbocycles. The van der Waals surface area contributed by atoms with Gasteiger partial charge in [0.15, 0.2) is 12.2 Å². The lowest BCUT2D eigenvalue weighted by Crippen LogP contribution is -2.44. The predicted molar refractivity (Wildman–Crippen MR) is 141 cm³/mol. The van der Waals surface area contributed by atoms with Gasteiger partial charge in [-0.25, -0.2) is 14.4 Å². The highest BCUT2D eigenvalue weighted by molar-refractivity contribution is 5.79. The van der Waals surface area contributed by atoms with Crippen LogP contribution in [0, 0.1) is 5.82 Å². The van der Waals surface area contributed by atoms with Crippen molar-refractivity contribution >= 4 is 22.9 Å². The number of nitrogens with two attached hydrogens (primary N) is 1. The minimum Gasteiger partial charge on any atom is -0.370 e. The molecule has 36 heavy (non-hydrogen) atoms. The van der Waals surface area contributed by atoms with E-state index in [1.54, 1.807) is 14.2 Å². The Morgan fingerprint density at radius 2 is 1.86 bits per heavy atom. The summed E-state index contributed by atoms with van der Waals surface area (Å²) in [7, 11) is 3.15. The van der Waals surface area contributed by atoms with Crippen LogP contribution in [0.1, 0.15) is 18.4 Å². The Labute approximate surface area is 211 Å². The zero-order valence-corrected chi connectivity index (χ0v) is 21.0. The van der Waals surface area contributed by atoms with E-state index >= 15 is 0 Å². The Hall–Kier alpha value is -3.21. The molecular weight excluding hydrogens is 461 g/mol. The van der Waals surface area contributed by atoms with Gasteiger partial charge in [-0.3, -0.25) is 0 Å². The Morgan fingerprint density at radius 1 is 1.14 bits per heavy atom. The zero-order chi connectivity index (χ0) is 25.3. The number of hydrogen-bond acceptors (Lipinski definition) is 6. The molecule has 0 spiro atoms. The fourth-order valence-corrected chi connectivity index (χ4v) is 4.42. The summed E-state index contributed by atoms with van der Waals surface area (Å²) in [6.45, 7) is 4.59. The van der Waals surface area contributed by atoms with Gasteiger partial charge in [0.05, 0.1) is 24.1 Å². The van der Waals surface area contributed by atoms with E-state index in [2.05, 4.69) is 31.2 Å². The van der Waals surface area contributed by atoms with Crippen LogP contribution in [0.3, 0.4) is 0 Å². The zero-order valence-electron chi connectivity index (χ0n) is 21.0. The Bertz CT molecular complexity index is 1120. The molecule has 4 N–H and O–H groups in total.